The number of nitrogens with zero attached hydrogens (tertiary/aromatic N) is 2. The topological polar surface area (TPSA) is 59.1 Å². The molecule has 1 aromatic rings. The van der Waals surface area contributed by atoms with Gasteiger partial charge in [0.2, 0.25) is 12.7 Å². The normalized spacial score (nSPS) is 20.2. The number of fused-ring (bicyclic) bond motifs is 1. The van der Waals surface area contributed by atoms with Crippen LogP contribution in [-0.4, -0.2) is 52.4 Å². The third kappa shape index (κ3) is 5.41. The highest BCUT2D eigenvalue weighted by molar-refractivity contribution is 8.26. The Morgan fingerprint density at radius 3 is 2.77 bits per heavy atom. The molecule has 2 amide bonds. The molecule has 3 aliphatic rings. The summed E-state index contributed by atoms with van der Waals surface area (Å²) in [6, 6.07) is 5.62. The fraction of sp³-hybridized carbons (Fsp3) is 0.522. The predicted octanol–water partition coefficient (Wildman–Crippen LogP) is 4.44. The van der Waals surface area contributed by atoms with Gasteiger partial charge in [0.05, 0.1) is 4.91 Å². The lowest BCUT2D eigenvalue weighted by molar-refractivity contribution is -0.132. The molecule has 0 aliphatic carbocycles. The van der Waals surface area contributed by atoms with E-state index in [0.717, 1.165) is 62.4 Å². The molecule has 4 rings (SSSR count). The van der Waals surface area contributed by atoms with Crippen LogP contribution in [-0.2, 0) is 9.59 Å². The van der Waals surface area contributed by atoms with Crippen molar-refractivity contribution in [1.82, 2.24) is 9.80 Å². The quantitative estimate of drug-likeness (QED) is 0.341. The van der Waals surface area contributed by atoms with Crippen molar-refractivity contribution >= 4 is 46.2 Å². The van der Waals surface area contributed by atoms with E-state index in [1.165, 1.54) is 11.8 Å². The Morgan fingerprint density at radius 2 is 1.97 bits per heavy atom. The van der Waals surface area contributed by atoms with Crippen LogP contribution in [0.4, 0.5) is 0 Å². The number of likely N-dealkylation sites (tertiary alicyclic amines) is 1. The summed E-state index contributed by atoms with van der Waals surface area (Å²) in [6.45, 7) is 4.86. The number of amides is 2. The zero-order chi connectivity index (χ0) is 21.8. The van der Waals surface area contributed by atoms with E-state index in [-0.39, 0.29) is 18.6 Å². The number of carbonyl (C=O) groups is 2. The molecule has 0 unspecified atom stereocenters. The maximum atomic E-state index is 12.8. The molecule has 3 heterocycles. The molecule has 2 saturated heterocycles. The van der Waals surface area contributed by atoms with Crippen LogP contribution >= 0.6 is 24.0 Å². The summed E-state index contributed by atoms with van der Waals surface area (Å²) in [6.07, 6.45) is 7.27. The minimum atomic E-state index is -0.0498. The summed E-state index contributed by atoms with van der Waals surface area (Å²) in [5.74, 6) is 2.36. The number of benzene rings is 1. The molecule has 0 N–H and O–H groups in total. The number of ether oxygens (including phenoxy) is 2. The van der Waals surface area contributed by atoms with Gasteiger partial charge in [-0.15, -0.1) is 0 Å². The summed E-state index contributed by atoms with van der Waals surface area (Å²) in [5, 5.41) is 0. The van der Waals surface area contributed by atoms with E-state index in [2.05, 4.69) is 6.92 Å². The first-order valence-corrected chi connectivity index (χ1v) is 12.2. The van der Waals surface area contributed by atoms with E-state index in [0.29, 0.717) is 27.9 Å². The monoisotopic (exact) mass is 460 g/mol. The van der Waals surface area contributed by atoms with Crippen LogP contribution in [0.5, 0.6) is 11.5 Å². The van der Waals surface area contributed by atoms with Crippen LogP contribution in [0, 0.1) is 5.92 Å². The summed E-state index contributed by atoms with van der Waals surface area (Å²) in [5.41, 5.74) is 0.885. The minimum Gasteiger partial charge on any atom is -0.454 e. The van der Waals surface area contributed by atoms with Gasteiger partial charge < -0.3 is 14.4 Å². The molecule has 0 bridgehead atoms. The van der Waals surface area contributed by atoms with Gasteiger partial charge in [0.15, 0.2) is 11.5 Å². The van der Waals surface area contributed by atoms with E-state index in [1.54, 1.807) is 4.90 Å². The number of hydrogen-bond donors (Lipinski definition) is 0. The molecule has 0 spiro atoms. The Kier molecular flexibility index (Phi) is 7.17. The molecule has 1 aromatic carbocycles. The van der Waals surface area contributed by atoms with Crippen molar-refractivity contribution in [2.75, 3.05) is 26.4 Å². The molecule has 0 radical (unpaired) electrons. The second kappa shape index (κ2) is 10.0. The second-order valence-electron chi connectivity index (χ2n) is 8.32. The molecule has 8 heteroatoms. The van der Waals surface area contributed by atoms with Gasteiger partial charge in [-0.3, -0.25) is 14.5 Å². The number of hydrogen-bond acceptors (Lipinski definition) is 6. The van der Waals surface area contributed by atoms with Crippen molar-refractivity contribution in [3.8, 4) is 11.5 Å². The standard InChI is InChI=1S/C23H28N2O4S2/c1-16-8-11-24(12-9-16)21(26)5-3-2-4-10-25-22(27)20(31-23(25)30)14-17-6-7-18-19(13-17)29-15-28-18/h6-7,13-14,16H,2-5,8-12,15H2,1H3. The predicted molar refractivity (Wildman–Crippen MR) is 126 cm³/mol. The highest BCUT2D eigenvalue weighted by atomic mass is 32.2. The van der Waals surface area contributed by atoms with E-state index in [9.17, 15) is 9.59 Å². The van der Waals surface area contributed by atoms with Crippen LogP contribution in [0.3, 0.4) is 0 Å². The Bertz CT molecular complexity index is 894. The van der Waals surface area contributed by atoms with E-state index < -0.39 is 0 Å². The SMILES string of the molecule is CC1CCN(C(=O)CCCCCN2C(=O)C(=Cc3ccc4c(c3)OCO4)SC2=S)CC1. The summed E-state index contributed by atoms with van der Waals surface area (Å²) in [7, 11) is 0. The molecular weight excluding hydrogens is 432 g/mol. The lowest BCUT2D eigenvalue weighted by atomic mass is 9.99. The first-order valence-electron chi connectivity index (χ1n) is 10.9. The first kappa shape index (κ1) is 22.1. The van der Waals surface area contributed by atoms with Gasteiger partial charge in [0.1, 0.15) is 4.32 Å². The largest absolute Gasteiger partial charge is 0.454 e. The molecule has 0 saturated carbocycles. The molecule has 6 nitrogen and oxygen atoms in total. The Balaban J connectivity index is 1.22. The Labute approximate surface area is 192 Å². The minimum absolute atomic E-state index is 0.0498. The van der Waals surface area contributed by atoms with Crippen molar-refractivity contribution in [2.45, 2.75) is 45.4 Å². The van der Waals surface area contributed by atoms with Crippen LogP contribution in [0.25, 0.3) is 6.08 Å². The number of carbonyl (C=O) groups excluding carboxylic acids is 2. The number of unbranched alkanes of at least 4 members (excludes halogenated alkanes) is 2. The molecule has 2 fully saturated rings. The van der Waals surface area contributed by atoms with Crippen molar-refractivity contribution < 1.29 is 19.1 Å². The Hall–Kier alpha value is -2.06. The Morgan fingerprint density at radius 1 is 1.19 bits per heavy atom. The molecule has 31 heavy (non-hydrogen) atoms. The molecule has 0 atom stereocenters. The number of rotatable bonds is 7. The summed E-state index contributed by atoms with van der Waals surface area (Å²) in [4.78, 5) is 29.4. The second-order valence-corrected chi connectivity index (χ2v) is 10.00. The highest BCUT2D eigenvalue weighted by Gasteiger charge is 2.31. The fourth-order valence-corrected chi connectivity index (χ4v) is 5.29. The van der Waals surface area contributed by atoms with E-state index in [4.69, 9.17) is 21.7 Å². The van der Waals surface area contributed by atoms with Gasteiger partial charge in [-0.05, 0) is 55.4 Å². The summed E-state index contributed by atoms with van der Waals surface area (Å²) < 4.78 is 11.3. The zero-order valence-electron chi connectivity index (χ0n) is 17.8. The van der Waals surface area contributed by atoms with Crippen molar-refractivity contribution in [3.63, 3.8) is 0 Å². The van der Waals surface area contributed by atoms with Gasteiger partial charge >= 0.3 is 0 Å². The van der Waals surface area contributed by atoms with Crippen LogP contribution in [0.1, 0.15) is 51.0 Å². The van der Waals surface area contributed by atoms with Crippen LogP contribution < -0.4 is 9.47 Å². The third-order valence-electron chi connectivity index (χ3n) is 5.98. The van der Waals surface area contributed by atoms with Gasteiger partial charge in [0.25, 0.3) is 5.91 Å². The van der Waals surface area contributed by atoms with Crippen molar-refractivity contribution in [2.24, 2.45) is 5.92 Å². The maximum absolute atomic E-state index is 12.8. The molecule has 3 aliphatic heterocycles. The lowest BCUT2D eigenvalue weighted by Gasteiger charge is -2.30. The van der Waals surface area contributed by atoms with Gasteiger partial charge in [-0.1, -0.05) is 43.4 Å². The third-order valence-corrected chi connectivity index (χ3v) is 7.35. The van der Waals surface area contributed by atoms with Gasteiger partial charge in [-0.2, -0.15) is 0 Å². The number of thioether (sulfide) groups is 1. The van der Waals surface area contributed by atoms with Gasteiger partial charge in [-0.25, -0.2) is 0 Å². The van der Waals surface area contributed by atoms with Crippen LogP contribution in [0.15, 0.2) is 23.1 Å². The van der Waals surface area contributed by atoms with Crippen molar-refractivity contribution in [1.29, 1.82) is 0 Å². The highest BCUT2D eigenvalue weighted by Crippen LogP contribution is 2.36. The number of piperidine rings is 1. The molecular formula is C23H28N2O4S2. The fourth-order valence-electron chi connectivity index (χ4n) is 3.99. The maximum Gasteiger partial charge on any atom is 0.266 e. The smallest absolute Gasteiger partial charge is 0.266 e. The zero-order valence-corrected chi connectivity index (χ0v) is 19.4. The lowest BCUT2D eigenvalue weighted by Crippen LogP contribution is -2.37. The molecule has 0 aromatic heterocycles. The van der Waals surface area contributed by atoms with Gasteiger partial charge in [0, 0.05) is 26.1 Å². The van der Waals surface area contributed by atoms with E-state index in [1.807, 2.05) is 29.2 Å². The average Bonchev–Trinajstić information content (AvgIpc) is 3.33. The van der Waals surface area contributed by atoms with Crippen LogP contribution in [0.2, 0.25) is 0 Å². The number of thiocarbonyl (C=S) groups is 1. The summed E-state index contributed by atoms with van der Waals surface area (Å²) >= 11 is 6.76. The average molecular weight is 461 g/mol. The first-order chi connectivity index (χ1) is 15.0. The van der Waals surface area contributed by atoms with Crippen molar-refractivity contribution in [3.05, 3.63) is 28.7 Å². The van der Waals surface area contributed by atoms with E-state index >= 15 is 0 Å². The molecule has 166 valence electrons.